The molecular weight excluding hydrogens is 244 g/mol. The van der Waals surface area contributed by atoms with Crippen LogP contribution < -0.4 is 5.32 Å². The van der Waals surface area contributed by atoms with Crippen molar-refractivity contribution in [3.8, 4) is 0 Å². The van der Waals surface area contributed by atoms with E-state index in [9.17, 15) is 4.79 Å². The highest BCUT2D eigenvalue weighted by Crippen LogP contribution is 2.26. The molecule has 1 aromatic heterocycles. The molecule has 0 aromatic carbocycles. The average Bonchev–Trinajstić information content (AvgIpc) is 2.37. The van der Waals surface area contributed by atoms with E-state index in [0.29, 0.717) is 24.3 Å². The molecule has 1 heterocycles. The van der Waals surface area contributed by atoms with Crippen molar-refractivity contribution in [2.24, 2.45) is 0 Å². The van der Waals surface area contributed by atoms with Crippen LogP contribution in [0.15, 0.2) is 18.3 Å². The molecule has 2 rings (SSSR count). The number of esters is 1. The Kier molecular flexibility index (Phi) is 4.74. The minimum Gasteiger partial charge on any atom is -0.462 e. The Labute approximate surface area is 113 Å². The quantitative estimate of drug-likeness (QED) is 0.798. The van der Waals surface area contributed by atoms with Crippen molar-refractivity contribution in [2.75, 3.05) is 18.5 Å². The zero-order valence-corrected chi connectivity index (χ0v) is 11.4. The Hall–Kier alpha value is -1.62. The van der Waals surface area contributed by atoms with E-state index < -0.39 is 0 Å². The predicted molar refractivity (Wildman–Crippen MR) is 72.3 cm³/mol. The van der Waals surface area contributed by atoms with Crippen LogP contribution in [0.4, 0.5) is 5.82 Å². The largest absolute Gasteiger partial charge is 0.462 e. The molecule has 1 aromatic rings. The molecule has 0 spiro atoms. The second-order valence-electron chi connectivity index (χ2n) is 4.54. The van der Waals surface area contributed by atoms with Gasteiger partial charge >= 0.3 is 5.97 Å². The van der Waals surface area contributed by atoms with Gasteiger partial charge in [-0.15, -0.1) is 0 Å². The maximum absolute atomic E-state index is 11.5. The van der Waals surface area contributed by atoms with Gasteiger partial charge in [0.2, 0.25) is 0 Å². The van der Waals surface area contributed by atoms with Crippen molar-refractivity contribution in [1.82, 2.24) is 4.98 Å². The number of ether oxygens (including phenoxy) is 2. The lowest BCUT2D eigenvalue weighted by Crippen LogP contribution is -2.41. The van der Waals surface area contributed by atoms with E-state index in [1.807, 2.05) is 6.92 Å². The van der Waals surface area contributed by atoms with Gasteiger partial charge in [-0.3, -0.25) is 0 Å². The Bertz CT molecular complexity index is 413. The van der Waals surface area contributed by atoms with Gasteiger partial charge in [-0.2, -0.15) is 0 Å². The second-order valence-corrected chi connectivity index (χ2v) is 4.54. The number of carbonyl (C=O) groups is 1. The summed E-state index contributed by atoms with van der Waals surface area (Å²) in [5, 5.41) is 3.32. The second kappa shape index (κ2) is 6.52. The van der Waals surface area contributed by atoms with Crippen LogP contribution in [-0.4, -0.2) is 36.3 Å². The predicted octanol–water partition coefficient (Wildman–Crippen LogP) is 2.24. The summed E-state index contributed by atoms with van der Waals surface area (Å²) in [6.45, 7) is 4.94. The minimum absolute atomic E-state index is 0.332. The van der Waals surface area contributed by atoms with E-state index in [1.165, 1.54) is 0 Å². The molecule has 0 unspecified atom stereocenters. The topological polar surface area (TPSA) is 60.5 Å². The number of hydrogen-bond acceptors (Lipinski definition) is 5. The summed E-state index contributed by atoms with van der Waals surface area (Å²) in [5.41, 5.74) is 0.480. The normalized spacial score (nSPS) is 21.6. The van der Waals surface area contributed by atoms with Crippen molar-refractivity contribution in [3.05, 3.63) is 23.9 Å². The molecule has 0 bridgehead atoms. The number of aromatic nitrogens is 1. The van der Waals surface area contributed by atoms with Gasteiger partial charge in [0.15, 0.2) is 0 Å². The first kappa shape index (κ1) is 13.8. The number of carbonyl (C=O) groups excluding carboxylic acids is 1. The molecule has 1 aliphatic carbocycles. The Morgan fingerprint density at radius 1 is 1.37 bits per heavy atom. The number of rotatable bonds is 6. The molecule has 5 nitrogen and oxygen atoms in total. The molecule has 0 aliphatic heterocycles. The lowest BCUT2D eigenvalue weighted by Gasteiger charge is -2.35. The van der Waals surface area contributed by atoms with Gasteiger partial charge in [0.1, 0.15) is 5.82 Å². The SMILES string of the molecule is CCOC(=O)c1ccc(NC2CC(OCC)C2)nc1. The molecule has 0 amide bonds. The van der Waals surface area contributed by atoms with Gasteiger partial charge < -0.3 is 14.8 Å². The lowest BCUT2D eigenvalue weighted by atomic mass is 9.89. The lowest BCUT2D eigenvalue weighted by molar-refractivity contribution is 0.00292. The first-order valence-electron chi connectivity index (χ1n) is 6.74. The van der Waals surface area contributed by atoms with E-state index in [4.69, 9.17) is 9.47 Å². The van der Waals surface area contributed by atoms with Crippen molar-refractivity contribution < 1.29 is 14.3 Å². The minimum atomic E-state index is -0.332. The number of anilines is 1. The third-order valence-corrected chi connectivity index (χ3v) is 3.12. The summed E-state index contributed by atoms with van der Waals surface area (Å²) in [7, 11) is 0. The highest BCUT2D eigenvalue weighted by atomic mass is 16.5. The molecule has 0 saturated heterocycles. The fraction of sp³-hybridized carbons (Fsp3) is 0.571. The zero-order chi connectivity index (χ0) is 13.7. The van der Waals surface area contributed by atoms with Crippen LogP contribution in [0.5, 0.6) is 0 Å². The standard InChI is InChI=1S/C14H20N2O3/c1-3-18-12-7-11(8-12)16-13-6-5-10(9-15-13)14(17)19-4-2/h5-6,9,11-12H,3-4,7-8H2,1-2H3,(H,15,16). The van der Waals surface area contributed by atoms with Crippen LogP contribution in [0.1, 0.15) is 37.0 Å². The molecule has 1 saturated carbocycles. The Morgan fingerprint density at radius 3 is 2.74 bits per heavy atom. The third-order valence-electron chi connectivity index (χ3n) is 3.12. The van der Waals surface area contributed by atoms with Gasteiger partial charge in [-0.1, -0.05) is 0 Å². The fourth-order valence-electron chi connectivity index (χ4n) is 2.08. The summed E-state index contributed by atoms with van der Waals surface area (Å²) in [6, 6.07) is 3.95. The van der Waals surface area contributed by atoms with E-state index in [0.717, 1.165) is 25.3 Å². The Balaban J connectivity index is 1.81. The van der Waals surface area contributed by atoms with Gasteiger partial charge in [-0.25, -0.2) is 9.78 Å². The van der Waals surface area contributed by atoms with Crippen molar-refractivity contribution in [3.63, 3.8) is 0 Å². The summed E-state index contributed by atoms with van der Waals surface area (Å²) < 4.78 is 10.4. The highest BCUT2D eigenvalue weighted by Gasteiger charge is 2.29. The smallest absolute Gasteiger partial charge is 0.339 e. The molecule has 19 heavy (non-hydrogen) atoms. The molecule has 1 fully saturated rings. The monoisotopic (exact) mass is 264 g/mol. The summed E-state index contributed by atoms with van der Waals surface area (Å²) in [4.78, 5) is 15.7. The van der Waals surface area contributed by atoms with Crippen LogP contribution in [0.3, 0.4) is 0 Å². The van der Waals surface area contributed by atoms with Gasteiger partial charge in [0.05, 0.1) is 18.3 Å². The van der Waals surface area contributed by atoms with Crippen LogP contribution >= 0.6 is 0 Å². The zero-order valence-electron chi connectivity index (χ0n) is 11.4. The van der Waals surface area contributed by atoms with Crippen LogP contribution in [0, 0.1) is 0 Å². The van der Waals surface area contributed by atoms with E-state index in [2.05, 4.69) is 10.3 Å². The van der Waals surface area contributed by atoms with Crippen LogP contribution in [-0.2, 0) is 9.47 Å². The third kappa shape index (κ3) is 3.67. The Morgan fingerprint density at radius 2 is 2.16 bits per heavy atom. The highest BCUT2D eigenvalue weighted by molar-refractivity contribution is 5.89. The van der Waals surface area contributed by atoms with E-state index in [1.54, 1.807) is 25.3 Å². The number of pyridine rings is 1. The fourth-order valence-corrected chi connectivity index (χ4v) is 2.08. The molecular formula is C14H20N2O3. The number of hydrogen-bond donors (Lipinski definition) is 1. The first-order chi connectivity index (χ1) is 9.22. The molecule has 1 aliphatic rings. The molecule has 104 valence electrons. The van der Waals surface area contributed by atoms with Crippen molar-refractivity contribution >= 4 is 11.8 Å². The molecule has 5 heteroatoms. The maximum Gasteiger partial charge on any atom is 0.339 e. The van der Waals surface area contributed by atoms with Crippen molar-refractivity contribution in [1.29, 1.82) is 0 Å². The summed E-state index contributed by atoms with van der Waals surface area (Å²) in [5.74, 6) is 0.453. The van der Waals surface area contributed by atoms with Crippen molar-refractivity contribution in [2.45, 2.75) is 38.8 Å². The average molecular weight is 264 g/mol. The maximum atomic E-state index is 11.5. The van der Waals surface area contributed by atoms with Crippen LogP contribution in [0.25, 0.3) is 0 Å². The summed E-state index contributed by atoms with van der Waals surface area (Å²) >= 11 is 0. The summed E-state index contributed by atoms with van der Waals surface area (Å²) in [6.07, 6.45) is 3.94. The molecule has 1 N–H and O–H groups in total. The van der Waals surface area contributed by atoms with E-state index in [-0.39, 0.29) is 5.97 Å². The molecule has 0 atom stereocenters. The van der Waals surface area contributed by atoms with E-state index >= 15 is 0 Å². The van der Waals surface area contributed by atoms with Crippen LogP contribution in [0.2, 0.25) is 0 Å². The van der Waals surface area contributed by atoms with Gasteiger partial charge in [-0.05, 0) is 38.8 Å². The van der Waals surface area contributed by atoms with Gasteiger partial charge in [0, 0.05) is 18.8 Å². The number of nitrogens with one attached hydrogen (secondary N) is 1. The number of nitrogens with zero attached hydrogens (tertiary/aromatic N) is 1. The first-order valence-corrected chi connectivity index (χ1v) is 6.74. The molecule has 0 radical (unpaired) electrons. The van der Waals surface area contributed by atoms with Gasteiger partial charge in [0.25, 0.3) is 0 Å².